The molecule has 1 aliphatic heterocycles. The predicted molar refractivity (Wildman–Crippen MR) is 121 cm³/mol. The number of halogens is 5. The van der Waals surface area contributed by atoms with Crippen molar-refractivity contribution in [2.24, 2.45) is 0 Å². The van der Waals surface area contributed by atoms with Crippen molar-refractivity contribution in [2.75, 3.05) is 13.1 Å². The van der Waals surface area contributed by atoms with Gasteiger partial charge in [-0.3, -0.25) is 4.79 Å². The number of carbonyl (C=O) groups excluding carboxylic acids is 1. The fraction of sp³-hybridized carbons (Fsp3) is 0.435. The third-order valence-corrected chi connectivity index (χ3v) is 8.11. The number of fused-ring (bicyclic) bond motifs is 1. The number of rotatable bonds is 4. The van der Waals surface area contributed by atoms with E-state index in [9.17, 15) is 24.2 Å². The lowest BCUT2D eigenvalue weighted by molar-refractivity contribution is 0.0713. The van der Waals surface area contributed by atoms with Crippen molar-refractivity contribution in [1.29, 1.82) is 0 Å². The van der Waals surface area contributed by atoms with Gasteiger partial charge in [0.25, 0.3) is 5.91 Å². The first-order valence-corrected chi connectivity index (χ1v) is 13.3. The molecule has 3 aromatic rings. The third-order valence-electron chi connectivity index (χ3n) is 6.94. The highest BCUT2D eigenvalue weighted by Crippen LogP contribution is 3.02. The van der Waals surface area contributed by atoms with E-state index in [4.69, 9.17) is 4.98 Å². The molecule has 2 aromatic heterocycles. The van der Waals surface area contributed by atoms with Gasteiger partial charge < -0.3 is 9.88 Å². The summed E-state index contributed by atoms with van der Waals surface area (Å²) in [5.41, 5.74) is 2.67. The summed E-state index contributed by atoms with van der Waals surface area (Å²) in [4.78, 5) is 25.0. The number of hydrogen-bond acceptors (Lipinski definition) is 3. The van der Waals surface area contributed by atoms with E-state index in [1.807, 2.05) is 6.07 Å². The Balaban J connectivity index is 1.29. The molecule has 184 valence electrons. The second kappa shape index (κ2) is 7.40. The van der Waals surface area contributed by atoms with E-state index in [0.717, 1.165) is 47.5 Å². The number of pyridine rings is 1. The molecule has 2 fully saturated rings. The Labute approximate surface area is 193 Å². The van der Waals surface area contributed by atoms with E-state index in [2.05, 4.69) is 9.97 Å². The first kappa shape index (κ1) is 23.1. The highest BCUT2D eigenvalue weighted by molar-refractivity contribution is 8.45. The molecule has 1 aromatic carbocycles. The van der Waals surface area contributed by atoms with Crippen LogP contribution in [0.4, 0.5) is 19.4 Å². The van der Waals surface area contributed by atoms with Gasteiger partial charge in [0.05, 0.1) is 0 Å². The molecule has 1 aliphatic carbocycles. The van der Waals surface area contributed by atoms with Crippen LogP contribution in [0.2, 0.25) is 0 Å². The topological polar surface area (TPSA) is 61.9 Å². The zero-order valence-corrected chi connectivity index (χ0v) is 19.1. The molecule has 2 aliphatic rings. The van der Waals surface area contributed by atoms with Crippen molar-refractivity contribution < 1.29 is 24.2 Å². The van der Waals surface area contributed by atoms with E-state index in [1.54, 1.807) is 11.1 Å². The number of nitrogens with zero attached hydrogens (tertiary/aromatic N) is 3. The number of piperidine rings is 1. The quantitative estimate of drug-likeness (QED) is 0.383. The Bertz CT molecular complexity index is 1230. The molecular weight excluding hydrogens is 475 g/mol. The molecule has 0 unspecified atom stereocenters. The molecule has 1 N–H and O–H groups in total. The van der Waals surface area contributed by atoms with Gasteiger partial charge >= 0.3 is 10.2 Å². The molecule has 3 heterocycles. The summed E-state index contributed by atoms with van der Waals surface area (Å²) in [5, 5.41) is 0. The number of likely N-dealkylation sites (tertiary alicyclic amines) is 1. The second-order valence-electron chi connectivity index (χ2n) is 9.26. The zero-order chi connectivity index (χ0) is 24.2. The van der Waals surface area contributed by atoms with Crippen molar-refractivity contribution in [3.63, 3.8) is 0 Å². The van der Waals surface area contributed by atoms with Crippen molar-refractivity contribution in [3.05, 3.63) is 53.5 Å². The SMILES string of the molecule is O=C(c1ccc(S(F)(F)(F)(F)F)cc1)N1CCC(c2ccnc3[nH]c(C4CCCC4)nc23)CC1. The number of amides is 1. The molecule has 0 atom stereocenters. The molecule has 1 saturated carbocycles. The van der Waals surface area contributed by atoms with Crippen LogP contribution in [0.15, 0.2) is 41.4 Å². The summed E-state index contributed by atoms with van der Waals surface area (Å²) in [7, 11) is -9.76. The molecule has 0 bridgehead atoms. The van der Waals surface area contributed by atoms with Gasteiger partial charge in [0, 0.05) is 30.8 Å². The van der Waals surface area contributed by atoms with Crippen LogP contribution >= 0.6 is 10.2 Å². The Morgan fingerprint density at radius 1 is 0.912 bits per heavy atom. The normalized spacial score (nSPS) is 20.4. The molecule has 1 amide bonds. The standard InChI is InChI=1S/C23H25F5N4OS/c24-34(25,26,27,28)18-7-5-17(6-8-18)23(33)32-13-10-15(11-14-32)19-9-12-29-22-20(19)30-21(31-22)16-3-1-2-4-16/h5-9,12,15-16H,1-4,10-11,13-14H2,(H,29,30,31). The first-order chi connectivity index (χ1) is 15.9. The van der Waals surface area contributed by atoms with Gasteiger partial charge in [-0.05, 0) is 67.5 Å². The maximum Gasteiger partial charge on any atom is 0.310 e. The minimum absolute atomic E-state index is 0.0381. The minimum Gasteiger partial charge on any atom is -0.339 e. The smallest absolute Gasteiger partial charge is 0.310 e. The van der Waals surface area contributed by atoms with Crippen molar-refractivity contribution in [2.45, 2.75) is 55.3 Å². The molecule has 11 heteroatoms. The summed E-state index contributed by atoms with van der Waals surface area (Å²) in [6, 6.07) is 4.18. The number of H-pyrrole nitrogens is 1. The van der Waals surface area contributed by atoms with Crippen molar-refractivity contribution in [1.82, 2.24) is 19.9 Å². The maximum absolute atomic E-state index is 12.9. The Morgan fingerprint density at radius 3 is 2.18 bits per heavy atom. The van der Waals surface area contributed by atoms with Crippen LogP contribution < -0.4 is 0 Å². The molecule has 5 nitrogen and oxygen atoms in total. The summed E-state index contributed by atoms with van der Waals surface area (Å²) in [6.07, 6.45) is 7.75. The number of aromatic nitrogens is 3. The lowest BCUT2D eigenvalue weighted by Crippen LogP contribution is -2.38. The monoisotopic (exact) mass is 500 g/mol. The highest BCUT2D eigenvalue weighted by atomic mass is 32.5. The highest BCUT2D eigenvalue weighted by Gasteiger charge is 2.65. The summed E-state index contributed by atoms with van der Waals surface area (Å²) in [5.74, 6) is 1.13. The predicted octanol–water partition coefficient (Wildman–Crippen LogP) is 7.29. The van der Waals surface area contributed by atoms with Gasteiger partial charge in [-0.2, -0.15) is 0 Å². The summed E-state index contributed by atoms with van der Waals surface area (Å²) in [6.45, 7) is 0.826. The average Bonchev–Trinajstić information content (AvgIpc) is 3.47. The third kappa shape index (κ3) is 4.49. The Morgan fingerprint density at radius 2 is 1.56 bits per heavy atom. The van der Waals surface area contributed by atoms with Gasteiger partial charge in [-0.1, -0.05) is 32.3 Å². The summed E-state index contributed by atoms with van der Waals surface area (Å²) >= 11 is 0. The molecule has 5 rings (SSSR count). The maximum atomic E-state index is 12.9. The minimum atomic E-state index is -9.76. The van der Waals surface area contributed by atoms with E-state index >= 15 is 0 Å². The number of imidazole rings is 1. The van der Waals surface area contributed by atoms with Crippen molar-refractivity contribution >= 4 is 27.3 Å². The van der Waals surface area contributed by atoms with E-state index in [0.29, 0.717) is 31.8 Å². The fourth-order valence-electron chi connectivity index (χ4n) is 5.10. The van der Waals surface area contributed by atoms with Gasteiger partial charge in [-0.25, -0.2) is 9.97 Å². The van der Waals surface area contributed by atoms with Crippen LogP contribution in [0.3, 0.4) is 0 Å². The van der Waals surface area contributed by atoms with Crippen LogP contribution in [0.1, 0.15) is 72.1 Å². The first-order valence-electron chi connectivity index (χ1n) is 11.4. The van der Waals surface area contributed by atoms with Crippen LogP contribution in [0.25, 0.3) is 11.2 Å². The number of aromatic amines is 1. The Hall–Kier alpha value is -2.69. The fourth-order valence-corrected chi connectivity index (χ4v) is 5.75. The molecule has 0 radical (unpaired) electrons. The van der Waals surface area contributed by atoms with E-state index in [1.165, 1.54) is 12.8 Å². The van der Waals surface area contributed by atoms with Crippen LogP contribution in [0.5, 0.6) is 0 Å². The lowest BCUT2D eigenvalue weighted by Gasteiger charge is -2.40. The summed E-state index contributed by atoms with van der Waals surface area (Å²) < 4.78 is 64.7. The number of hydrogen-bond donors (Lipinski definition) is 1. The number of carbonyl (C=O) groups is 1. The van der Waals surface area contributed by atoms with Crippen molar-refractivity contribution in [3.8, 4) is 0 Å². The molecular formula is C23H25F5N4OS. The van der Waals surface area contributed by atoms with Gasteiger partial charge in [0.1, 0.15) is 16.2 Å². The van der Waals surface area contributed by atoms with E-state index in [-0.39, 0.29) is 23.6 Å². The van der Waals surface area contributed by atoms with Crippen LogP contribution in [-0.4, -0.2) is 38.8 Å². The zero-order valence-electron chi connectivity index (χ0n) is 18.3. The lowest BCUT2D eigenvalue weighted by atomic mass is 9.89. The van der Waals surface area contributed by atoms with Crippen LogP contribution in [-0.2, 0) is 0 Å². The number of benzene rings is 1. The Kier molecular flexibility index (Phi) is 5.02. The van der Waals surface area contributed by atoms with Gasteiger partial charge in [-0.15, -0.1) is 0 Å². The van der Waals surface area contributed by atoms with E-state index < -0.39 is 21.0 Å². The molecule has 34 heavy (non-hydrogen) atoms. The second-order valence-corrected chi connectivity index (χ2v) is 11.7. The molecule has 0 spiro atoms. The number of nitrogens with one attached hydrogen (secondary N) is 1. The van der Waals surface area contributed by atoms with Gasteiger partial charge in [0.15, 0.2) is 5.65 Å². The van der Waals surface area contributed by atoms with Gasteiger partial charge in [0.2, 0.25) is 0 Å². The largest absolute Gasteiger partial charge is 0.339 e. The molecule has 1 saturated heterocycles. The van der Waals surface area contributed by atoms with Crippen LogP contribution in [0, 0.1) is 0 Å². The average molecular weight is 501 g/mol.